The zero-order chi connectivity index (χ0) is 16.5. The average Bonchev–Trinajstić information content (AvgIpc) is 2.69. The zero-order valence-electron chi connectivity index (χ0n) is 13.1. The van der Waals surface area contributed by atoms with Crippen molar-refractivity contribution in [3.63, 3.8) is 0 Å². The predicted molar refractivity (Wildman–Crippen MR) is 87.0 cm³/mol. The summed E-state index contributed by atoms with van der Waals surface area (Å²) in [6, 6.07) is 5.35. The number of halogens is 1. The van der Waals surface area contributed by atoms with Crippen LogP contribution in [0.25, 0.3) is 11.1 Å². The van der Waals surface area contributed by atoms with Crippen molar-refractivity contribution < 1.29 is 13.9 Å². The van der Waals surface area contributed by atoms with E-state index in [0.717, 1.165) is 4.47 Å². The van der Waals surface area contributed by atoms with E-state index in [9.17, 15) is 9.59 Å². The average molecular weight is 371 g/mol. The summed E-state index contributed by atoms with van der Waals surface area (Å²) in [5.41, 5.74) is 0.667. The lowest BCUT2D eigenvalue weighted by atomic mass is 10.2. The minimum Gasteiger partial charge on any atom is -0.444 e. The van der Waals surface area contributed by atoms with Crippen molar-refractivity contribution in [2.75, 3.05) is 13.6 Å². The van der Waals surface area contributed by atoms with Crippen molar-refractivity contribution >= 4 is 33.1 Å². The number of ether oxygens (including phenoxy) is 1. The lowest BCUT2D eigenvalue weighted by molar-refractivity contribution is 0.0293. The molecule has 7 heteroatoms. The van der Waals surface area contributed by atoms with Gasteiger partial charge in [0, 0.05) is 24.6 Å². The fourth-order valence-electron chi connectivity index (χ4n) is 1.93. The molecule has 1 aromatic carbocycles. The van der Waals surface area contributed by atoms with Crippen LogP contribution in [0.5, 0.6) is 0 Å². The van der Waals surface area contributed by atoms with Crippen LogP contribution in [0.15, 0.2) is 31.9 Å². The van der Waals surface area contributed by atoms with Crippen LogP contribution < -0.4 is 5.76 Å². The highest BCUT2D eigenvalue weighted by Crippen LogP contribution is 2.19. The third-order valence-electron chi connectivity index (χ3n) is 2.99. The van der Waals surface area contributed by atoms with Gasteiger partial charge in [-0.25, -0.2) is 9.59 Å². The van der Waals surface area contributed by atoms with Gasteiger partial charge < -0.3 is 14.1 Å². The molecule has 0 aliphatic rings. The molecule has 0 saturated carbocycles. The van der Waals surface area contributed by atoms with Gasteiger partial charge >= 0.3 is 11.8 Å². The molecule has 0 aliphatic heterocycles. The number of aromatic nitrogens is 1. The van der Waals surface area contributed by atoms with Gasteiger partial charge in [-0.2, -0.15) is 0 Å². The molecule has 0 fully saturated rings. The van der Waals surface area contributed by atoms with E-state index in [2.05, 4.69) is 15.9 Å². The first kappa shape index (κ1) is 16.6. The van der Waals surface area contributed by atoms with Crippen molar-refractivity contribution in [2.45, 2.75) is 32.9 Å². The second-order valence-electron chi connectivity index (χ2n) is 6.03. The summed E-state index contributed by atoms with van der Waals surface area (Å²) in [7, 11) is 1.64. The Bertz CT molecular complexity index is 742. The Labute approximate surface area is 136 Å². The largest absolute Gasteiger partial charge is 0.444 e. The first-order chi connectivity index (χ1) is 10.2. The molecule has 120 valence electrons. The maximum atomic E-state index is 11.9. The molecule has 0 unspecified atom stereocenters. The zero-order valence-corrected chi connectivity index (χ0v) is 14.6. The fourth-order valence-corrected chi connectivity index (χ4v) is 2.28. The molecule has 1 heterocycles. The number of hydrogen-bond donors (Lipinski definition) is 0. The topological polar surface area (TPSA) is 64.7 Å². The lowest BCUT2D eigenvalue weighted by Crippen LogP contribution is -2.36. The molecule has 2 aromatic rings. The highest BCUT2D eigenvalue weighted by molar-refractivity contribution is 9.10. The molecule has 2 rings (SSSR count). The van der Waals surface area contributed by atoms with E-state index < -0.39 is 17.5 Å². The number of likely N-dealkylation sites (N-methyl/N-ethyl adjacent to an activating group) is 1. The highest BCUT2D eigenvalue weighted by atomic mass is 79.9. The van der Waals surface area contributed by atoms with Crippen molar-refractivity contribution in [1.29, 1.82) is 0 Å². The minimum absolute atomic E-state index is 0.331. The van der Waals surface area contributed by atoms with Gasteiger partial charge in [0.05, 0.1) is 5.52 Å². The minimum atomic E-state index is -0.546. The van der Waals surface area contributed by atoms with Gasteiger partial charge in [0.25, 0.3) is 0 Å². The number of fused-ring (bicyclic) bond motifs is 1. The van der Waals surface area contributed by atoms with Gasteiger partial charge in [-0.05, 0) is 39.0 Å². The molecule has 0 saturated heterocycles. The van der Waals surface area contributed by atoms with Crippen LogP contribution in [-0.2, 0) is 11.3 Å². The van der Waals surface area contributed by atoms with Crippen molar-refractivity contribution in [2.24, 2.45) is 0 Å². The van der Waals surface area contributed by atoms with Gasteiger partial charge in [0.2, 0.25) is 0 Å². The first-order valence-electron chi connectivity index (χ1n) is 6.90. The Morgan fingerprint density at radius 1 is 1.41 bits per heavy atom. The van der Waals surface area contributed by atoms with Crippen molar-refractivity contribution in [3.8, 4) is 0 Å². The molecular weight excluding hydrogens is 352 g/mol. The first-order valence-corrected chi connectivity index (χ1v) is 7.70. The summed E-state index contributed by atoms with van der Waals surface area (Å²) in [5, 5.41) is 0. The lowest BCUT2D eigenvalue weighted by Gasteiger charge is -2.24. The normalized spacial score (nSPS) is 11.7. The van der Waals surface area contributed by atoms with E-state index in [4.69, 9.17) is 9.15 Å². The number of benzene rings is 1. The number of carbonyl (C=O) groups excluding carboxylic acids is 1. The van der Waals surface area contributed by atoms with Gasteiger partial charge in [-0.1, -0.05) is 15.9 Å². The SMILES string of the molecule is CN(CCn1c(=O)oc2ccc(Br)cc21)C(=O)OC(C)(C)C. The van der Waals surface area contributed by atoms with E-state index in [0.29, 0.717) is 24.2 Å². The molecule has 0 atom stereocenters. The Kier molecular flexibility index (Phi) is 4.65. The molecule has 22 heavy (non-hydrogen) atoms. The smallest absolute Gasteiger partial charge is 0.420 e. The number of carbonyl (C=O) groups is 1. The molecular formula is C15H19BrN2O4. The summed E-state index contributed by atoms with van der Waals surface area (Å²) >= 11 is 3.37. The molecule has 1 aromatic heterocycles. The molecule has 1 amide bonds. The van der Waals surface area contributed by atoms with Crippen molar-refractivity contribution in [1.82, 2.24) is 9.47 Å². The summed E-state index contributed by atoms with van der Waals surface area (Å²) in [6.07, 6.45) is -0.422. The third-order valence-corrected chi connectivity index (χ3v) is 3.49. The Balaban J connectivity index is 2.12. The van der Waals surface area contributed by atoms with Gasteiger partial charge in [-0.3, -0.25) is 4.57 Å². The van der Waals surface area contributed by atoms with Gasteiger partial charge in [0.15, 0.2) is 5.58 Å². The number of amides is 1. The van der Waals surface area contributed by atoms with Crippen LogP contribution in [-0.4, -0.2) is 34.8 Å². The van der Waals surface area contributed by atoms with E-state index in [1.807, 2.05) is 32.9 Å². The van der Waals surface area contributed by atoms with Crippen LogP contribution in [0.4, 0.5) is 4.79 Å². The van der Waals surface area contributed by atoms with Crippen LogP contribution in [0.1, 0.15) is 20.8 Å². The van der Waals surface area contributed by atoms with E-state index in [-0.39, 0.29) is 0 Å². The molecule has 0 radical (unpaired) electrons. The number of nitrogens with zero attached hydrogens (tertiary/aromatic N) is 2. The van der Waals surface area contributed by atoms with Crippen LogP contribution in [0.3, 0.4) is 0 Å². The number of rotatable bonds is 3. The van der Waals surface area contributed by atoms with Gasteiger partial charge in [-0.15, -0.1) is 0 Å². The van der Waals surface area contributed by atoms with Crippen LogP contribution in [0.2, 0.25) is 0 Å². The number of hydrogen-bond acceptors (Lipinski definition) is 4. The van der Waals surface area contributed by atoms with E-state index in [1.54, 1.807) is 13.1 Å². The van der Waals surface area contributed by atoms with Gasteiger partial charge in [0.1, 0.15) is 5.60 Å². The number of oxazole rings is 1. The summed E-state index contributed by atoms with van der Waals surface area (Å²) in [5.74, 6) is -0.439. The van der Waals surface area contributed by atoms with Crippen LogP contribution in [0, 0.1) is 0 Å². The van der Waals surface area contributed by atoms with E-state index >= 15 is 0 Å². The third kappa shape index (κ3) is 3.91. The molecule has 0 bridgehead atoms. The second-order valence-corrected chi connectivity index (χ2v) is 6.95. The maximum absolute atomic E-state index is 11.9. The fraction of sp³-hybridized carbons (Fsp3) is 0.467. The Morgan fingerprint density at radius 2 is 2.09 bits per heavy atom. The standard InChI is InChI=1S/C15H19BrN2O4/c1-15(2,3)22-13(19)17(4)7-8-18-11-9-10(16)5-6-12(11)21-14(18)20/h5-6,9H,7-8H2,1-4H3. The van der Waals surface area contributed by atoms with E-state index in [1.165, 1.54) is 9.47 Å². The highest BCUT2D eigenvalue weighted by Gasteiger charge is 2.20. The molecule has 0 spiro atoms. The van der Waals surface area contributed by atoms with Crippen LogP contribution >= 0.6 is 15.9 Å². The maximum Gasteiger partial charge on any atom is 0.420 e. The summed E-state index contributed by atoms with van der Waals surface area (Å²) in [6.45, 7) is 6.10. The van der Waals surface area contributed by atoms with Crippen molar-refractivity contribution in [3.05, 3.63) is 33.2 Å². The Morgan fingerprint density at radius 3 is 2.73 bits per heavy atom. The predicted octanol–water partition coefficient (Wildman–Crippen LogP) is 3.22. The monoisotopic (exact) mass is 370 g/mol. The summed E-state index contributed by atoms with van der Waals surface area (Å²) in [4.78, 5) is 25.3. The Hall–Kier alpha value is -1.76. The quantitative estimate of drug-likeness (QED) is 0.831. The molecule has 0 N–H and O–H groups in total. The second kappa shape index (κ2) is 6.16. The molecule has 6 nitrogen and oxygen atoms in total. The molecule has 0 aliphatic carbocycles. The summed E-state index contributed by atoms with van der Waals surface area (Å²) < 4.78 is 12.8.